The van der Waals surface area contributed by atoms with Gasteiger partial charge in [0.25, 0.3) is 11.8 Å². The van der Waals surface area contributed by atoms with Gasteiger partial charge in [0.15, 0.2) is 0 Å². The fourth-order valence-electron chi connectivity index (χ4n) is 4.78. The summed E-state index contributed by atoms with van der Waals surface area (Å²) in [6.45, 7) is 0. The summed E-state index contributed by atoms with van der Waals surface area (Å²) in [5.41, 5.74) is 9.74. The monoisotopic (exact) mass is 544 g/mol. The van der Waals surface area contributed by atoms with Gasteiger partial charge in [0, 0.05) is 17.7 Å². The summed E-state index contributed by atoms with van der Waals surface area (Å²) in [4.78, 5) is 39.4. The highest BCUT2D eigenvalue weighted by Crippen LogP contribution is 2.23. The van der Waals surface area contributed by atoms with Crippen molar-refractivity contribution in [3.63, 3.8) is 0 Å². The summed E-state index contributed by atoms with van der Waals surface area (Å²) in [6, 6.07) is 26.3. The Morgan fingerprint density at radius 2 is 1.59 bits per heavy atom. The minimum atomic E-state index is -0.948. The number of nitrogens with two attached hydrogens (primary N) is 1. The molecule has 1 unspecified atom stereocenters. The lowest BCUT2D eigenvalue weighted by Crippen LogP contribution is -2.37. The number of allylic oxidation sites excluding steroid dienone is 4. The number of nitrogen functional groups attached to an aromatic ring is 1. The van der Waals surface area contributed by atoms with Crippen LogP contribution in [-0.2, 0) is 9.59 Å². The molecule has 0 heterocycles. The standard InChI is InChI=1S/C34H32N4O3/c35-29-12-6-7-13-30(29)37-33(40)26-17-15-25(16-18-26)32(38-31(39)21-14-23-8-2-1-3-9-23)34(41)36-28-20-19-24-10-4-5-11-27(24)22-28/h1-2,4-8,10-13,15-20,22,32H,3,9,14,21,35H2,(H,36,41)(H,37,40)(H,38,39). The van der Waals surface area contributed by atoms with Crippen LogP contribution in [0.3, 0.4) is 0 Å². The first kappa shape index (κ1) is 27.4. The average Bonchev–Trinajstić information content (AvgIpc) is 3.00. The van der Waals surface area contributed by atoms with Gasteiger partial charge in [-0.2, -0.15) is 0 Å². The Bertz CT molecular complexity index is 1640. The summed E-state index contributed by atoms with van der Waals surface area (Å²) in [7, 11) is 0. The van der Waals surface area contributed by atoms with Crippen molar-refractivity contribution in [3.05, 3.63) is 126 Å². The quantitative estimate of drug-likeness (QED) is 0.180. The zero-order valence-electron chi connectivity index (χ0n) is 22.6. The number of nitrogens with one attached hydrogen (secondary N) is 3. The number of hydrogen-bond donors (Lipinski definition) is 4. The predicted octanol–water partition coefficient (Wildman–Crippen LogP) is 6.53. The number of amides is 3. The number of anilines is 3. The van der Waals surface area contributed by atoms with Crippen molar-refractivity contribution in [3.8, 4) is 0 Å². The third-order valence-electron chi connectivity index (χ3n) is 7.07. The molecule has 0 saturated carbocycles. The first-order valence-corrected chi connectivity index (χ1v) is 13.7. The second-order valence-electron chi connectivity index (χ2n) is 10.0. The fourth-order valence-corrected chi connectivity index (χ4v) is 4.78. The SMILES string of the molecule is Nc1ccccc1NC(=O)c1ccc(C(NC(=O)CCC2=CC=CCC2)C(=O)Nc2ccc3ccccc3c2)cc1. The summed E-state index contributed by atoms with van der Waals surface area (Å²) in [6.07, 6.45) is 8.99. The smallest absolute Gasteiger partial charge is 0.255 e. The number of carbonyl (C=O) groups is 3. The maximum absolute atomic E-state index is 13.5. The van der Waals surface area contributed by atoms with Gasteiger partial charge in [-0.25, -0.2) is 0 Å². The third-order valence-corrected chi connectivity index (χ3v) is 7.07. The molecule has 4 aromatic rings. The molecule has 0 radical (unpaired) electrons. The Hall–Kier alpha value is -5.17. The van der Waals surface area contributed by atoms with Crippen LogP contribution in [0.2, 0.25) is 0 Å². The highest BCUT2D eigenvalue weighted by atomic mass is 16.2. The van der Waals surface area contributed by atoms with Gasteiger partial charge in [-0.05, 0) is 72.0 Å². The molecule has 7 nitrogen and oxygen atoms in total. The molecule has 7 heteroatoms. The first-order chi connectivity index (χ1) is 20.0. The molecule has 0 fully saturated rings. The zero-order valence-corrected chi connectivity index (χ0v) is 22.6. The lowest BCUT2D eigenvalue weighted by atomic mass is 9.99. The molecule has 0 bridgehead atoms. The van der Waals surface area contributed by atoms with Gasteiger partial charge in [0.2, 0.25) is 5.91 Å². The molecular formula is C34H32N4O3. The Balaban J connectivity index is 1.33. The predicted molar refractivity (Wildman–Crippen MR) is 164 cm³/mol. The van der Waals surface area contributed by atoms with E-state index in [0.717, 1.165) is 23.6 Å². The lowest BCUT2D eigenvalue weighted by molar-refractivity contribution is -0.126. The topological polar surface area (TPSA) is 113 Å². The van der Waals surface area contributed by atoms with Crippen molar-refractivity contribution in [2.45, 2.75) is 31.7 Å². The maximum atomic E-state index is 13.5. The van der Waals surface area contributed by atoms with Crippen LogP contribution in [0.5, 0.6) is 0 Å². The number of benzene rings is 4. The van der Waals surface area contributed by atoms with Crippen LogP contribution in [0.1, 0.15) is 47.6 Å². The molecule has 4 aromatic carbocycles. The molecule has 3 amide bonds. The summed E-state index contributed by atoms with van der Waals surface area (Å²) < 4.78 is 0. The molecule has 5 rings (SSSR count). The molecular weight excluding hydrogens is 512 g/mol. The molecule has 0 saturated heterocycles. The summed E-state index contributed by atoms with van der Waals surface area (Å²) in [5, 5.41) is 10.7. The summed E-state index contributed by atoms with van der Waals surface area (Å²) >= 11 is 0. The Labute approximate surface area is 239 Å². The number of carbonyl (C=O) groups excluding carboxylic acids is 3. The molecule has 1 atom stereocenters. The van der Waals surface area contributed by atoms with Crippen LogP contribution in [-0.4, -0.2) is 17.7 Å². The van der Waals surface area contributed by atoms with E-state index in [0.29, 0.717) is 34.6 Å². The van der Waals surface area contributed by atoms with Gasteiger partial charge >= 0.3 is 0 Å². The maximum Gasteiger partial charge on any atom is 0.255 e. The highest BCUT2D eigenvalue weighted by molar-refractivity contribution is 6.06. The van der Waals surface area contributed by atoms with E-state index in [1.807, 2.05) is 54.6 Å². The molecule has 0 spiro atoms. The van der Waals surface area contributed by atoms with E-state index >= 15 is 0 Å². The second kappa shape index (κ2) is 12.8. The van der Waals surface area contributed by atoms with Crippen molar-refractivity contribution in [2.75, 3.05) is 16.4 Å². The van der Waals surface area contributed by atoms with E-state index in [1.165, 1.54) is 5.57 Å². The Morgan fingerprint density at radius 3 is 2.34 bits per heavy atom. The zero-order chi connectivity index (χ0) is 28.6. The molecule has 1 aliphatic rings. The Morgan fingerprint density at radius 1 is 0.829 bits per heavy atom. The van der Waals surface area contributed by atoms with Gasteiger partial charge in [0.05, 0.1) is 11.4 Å². The van der Waals surface area contributed by atoms with E-state index in [1.54, 1.807) is 48.5 Å². The number of para-hydroxylation sites is 2. The molecule has 41 heavy (non-hydrogen) atoms. The van der Waals surface area contributed by atoms with Crippen LogP contribution in [0.4, 0.5) is 17.1 Å². The molecule has 0 aliphatic heterocycles. The van der Waals surface area contributed by atoms with Crippen LogP contribution in [0, 0.1) is 0 Å². The highest BCUT2D eigenvalue weighted by Gasteiger charge is 2.24. The van der Waals surface area contributed by atoms with Crippen molar-refractivity contribution < 1.29 is 14.4 Å². The van der Waals surface area contributed by atoms with Crippen LogP contribution in [0.25, 0.3) is 10.8 Å². The third kappa shape index (κ3) is 7.08. The fraction of sp³-hybridized carbons (Fsp3) is 0.147. The van der Waals surface area contributed by atoms with E-state index in [2.05, 4.69) is 22.0 Å². The average molecular weight is 545 g/mol. The van der Waals surface area contributed by atoms with Crippen molar-refractivity contribution in [2.24, 2.45) is 0 Å². The molecule has 0 aromatic heterocycles. The normalized spacial score (nSPS) is 13.2. The number of fused-ring (bicyclic) bond motifs is 1. The van der Waals surface area contributed by atoms with Crippen LogP contribution < -0.4 is 21.7 Å². The van der Waals surface area contributed by atoms with Crippen molar-refractivity contribution in [1.29, 1.82) is 0 Å². The van der Waals surface area contributed by atoms with Gasteiger partial charge in [0.1, 0.15) is 6.04 Å². The minimum Gasteiger partial charge on any atom is -0.397 e. The summed E-state index contributed by atoms with van der Waals surface area (Å²) in [5.74, 6) is -0.923. The number of rotatable bonds is 9. The van der Waals surface area contributed by atoms with E-state index in [-0.39, 0.29) is 24.1 Å². The number of hydrogen-bond acceptors (Lipinski definition) is 4. The first-order valence-electron chi connectivity index (χ1n) is 13.7. The molecule has 206 valence electrons. The van der Waals surface area contributed by atoms with Crippen molar-refractivity contribution >= 4 is 45.6 Å². The van der Waals surface area contributed by atoms with Gasteiger partial charge < -0.3 is 21.7 Å². The minimum absolute atomic E-state index is 0.222. The van der Waals surface area contributed by atoms with E-state index in [9.17, 15) is 14.4 Å². The largest absolute Gasteiger partial charge is 0.397 e. The Kier molecular flexibility index (Phi) is 8.55. The lowest BCUT2D eigenvalue weighted by Gasteiger charge is -2.20. The van der Waals surface area contributed by atoms with E-state index in [4.69, 9.17) is 5.73 Å². The van der Waals surface area contributed by atoms with Gasteiger partial charge in [-0.3, -0.25) is 14.4 Å². The van der Waals surface area contributed by atoms with E-state index < -0.39 is 6.04 Å². The van der Waals surface area contributed by atoms with Crippen LogP contribution in [0.15, 0.2) is 115 Å². The van der Waals surface area contributed by atoms with Crippen molar-refractivity contribution in [1.82, 2.24) is 5.32 Å². The van der Waals surface area contributed by atoms with Gasteiger partial charge in [-0.15, -0.1) is 0 Å². The van der Waals surface area contributed by atoms with Crippen LogP contribution >= 0.6 is 0 Å². The van der Waals surface area contributed by atoms with Gasteiger partial charge in [-0.1, -0.05) is 78.4 Å². The molecule has 5 N–H and O–H groups in total. The second-order valence-corrected chi connectivity index (χ2v) is 10.0. The molecule has 1 aliphatic carbocycles.